The van der Waals surface area contributed by atoms with E-state index < -0.39 is 11.0 Å². The van der Waals surface area contributed by atoms with Gasteiger partial charge in [0, 0.05) is 36.5 Å². The van der Waals surface area contributed by atoms with Crippen LogP contribution in [0.4, 0.5) is 16.2 Å². The van der Waals surface area contributed by atoms with Crippen molar-refractivity contribution in [2.45, 2.75) is 0 Å². The summed E-state index contributed by atoms with van der Waals surface area (Å²) in [6.07, 6.45) is 0. The molecule has 0 aliphatic rings. The molecule has 0 saturated heterocycles. The Hall–Kier alpha value is -3.42. The van der Waals surface area contributed by atoms with Crippen molar-refractivity contribution >= 4 is 23.3 Å². The molecule has 8 heteroatoms. The lowest BCUT2D eigenvalue weighted by molar-refractivity contribution is -0.384. The average molecular weight is 328 g/mol. The number of carbonyl (C=O) groups excluding carboxylic acids is 2. The number of urea groups is 1. The van der Waals surface area contributed by atoms with Gasteiger partial charge in [-0.05, 0) is 24.3 Å². The van der Waals surface area contributed by atoms with Crippen LogP contribution in [0.5, 0.6) is 0 Å². The van der Waals surface area contributed by atoms with Gasteiger partial charge in [-0.3, -0.25) is 14.9 Å². The summed E-state index contributed by atoms with van der Waals surface area (Å²) in [4.78, 5) is 33.5. The molecule has 0 heterocycles. The number of rotatable bonds is 6. The Morgan fingerprint density at radius 2 is 1.54 bits per heavy atom. The third-order valence-corrected chi connectivity index (χ3v) is 3.07. The maximum Gasteiger partial charge on any atom is 0.319 e. The standard InChI is InChI=1S/C16H16N4O4/c21-15(12-4-2-1-3-5-12)17-10-11-18-16(22)19-13-6-8-14(9-7-13)20(23)24/h1-9H,10-11H2,(H,17,21)(H2,18,19,22). The first kappa shape index (κ1) is 16.9. The number of benzene rings is 2. The van der Waals surface area contributed by atoms with Crippen molar-refractivity contribution in [1.29, 1.82) is 0 Å². The van der Waals surface area contributed by atoms with Gasteiger partial charge in [0.2, 0.25) is 0 Å². The molecule has 2 aromatic carbocycles. The van der Waals surface area contributed by atoms with Gasteiger partial charge in [-0.1, -0.05) is 18.2 Å². The van der Waals surface area contributed by atoms with Crippen molar-refractivity contribution in [2.24, 2.45) is 0 Å². The molecule has 0 fully saturated rings. The number of nitro groups is 1. The van der Waals surface area contributed by atoms with Crippen LogP contribution in [0.25, 0.3) is 0 Å². The number of nitro benzene ring substituents is 1. The van der Waals surface area contributed by atoms with Gasteiger partial charge in [-0.15, -0.1) is 0 Å². The zero-order chi connectivity index (χ0) is 17.4. The summed E-state index contributed by atoms with van der Waals surface area (Å²) in [5, 5.41) is 18.3. The Morgan fingerprint density at radius 3 is 2.17 bits per heavy atom. The molecule has 0 aromatic heterocycles. The predicted molar refractivity (Wildman–Crippen MR) is 88.9 cm³/mol. The highest BCUT2D eigenvalue weighted by molar-refractivity contribution is 5.94. The lowest BCUT2D eigenvalue weighted by Gasteiger charge is -2.08. The van der Waals surface area contributed by atoms with Crippen LogP contribution in [0, 0.1) is 10.1 Å². The fourth-order valence-corrected chi connectivity index (χ4v) is 1.89. The molecule has 3 N–H and O–H groups in total. The number of hydrogen-bond donors (Lipinski definition) is 3. The minimum atomic E-state index is -0.515. The van der Waals surface area contributed by atoms with Crippen LogP contribution in [0.3, 0.4) is 0 Å². The third-order valence-electron chi connectivity index (χ3n) is 3.07. The van der Waals surface area contributed by atoms with Gasteiger partial charge in [0.1, 0.15) is 0 Å². The molecule has 0 aliphatic carbocycles. The third kappa shape index (κ3) is 5.09. The van der Waals surface area contributed by atoms with E-state index in [1.165, 1.54) is 24.3 Å². The Balaban J connectivity index is 1.70. The van der Waals surface area contributed by atoms with E-state index in [0.29, 0.717) is 11.3 Å². The Bertz CT molecular complexity index is 717. The van der Waals surface area contributed by atoms with Crippen molar-refractivity contribution in [2.75, 3.05) is 18.4 Å². The Labute approximate surface area is 138 Å². The lowest BCUT2D eigenvalue weighted by atomic mass is 10.2. The molecule has 0 radical (unpaired) electrons. The van der Waals surface area contributed by atoms with Gasteiger partial charge >= 0.3 is 6.03 Å². The number of nitrogens with zero attached hydrogens (tertiary/aromatic N) is 1. The van der Waals surface area contributed by atoms with Gasteiger partial charge in [0.15, 0.2) is 0 Å². The number of carbonyl (C=O) groups is 2. The van der Waals surface area contributed by atoms with Gasteiger partial charge in [0.05, 0.1) is 4.92 Å². The maximum absolute atomic E-state index is 11.8. The summed E-state index contributed by atoms with van der Waals surface area (Å²) in [6, 6.07) is 13.8. The smallest absolute Gasteiger partial charge is 0.319 e. The highest BCUT2D eigenvalue weighted by atomic mass is 16.6. The fourth-order valence-electron chi connectivity index (χ4n) is 1.89. The van der Waals surface area contributed by atoms with E-state index in [1.807, 2.05) is 6.07 Å². The number of anilines is 1. The lowest BCUT2D eigenvalue weighted by Crippen LogP contribution is -2.36. The molecule has 0 unspecified atom stereocenters. The summed E-state index contributed by atoms with van der Waals surface area (Å²) in [5.41, 5.74) is 0.934. The molecular formula is C16H16N4O4. The molecule has 0 atom stereocenters. The minimum Gasteiger partial charge on any atom is -0.350 e. The van der Waals surface area contributed by atoms with Crippen LogP contribution in [0.2, 0.25) is 0 Å². The maximum atomic E-state index is 11.8. The van der Waals surface area contributed by atoms with E-state index in [2.05, 4.69) is 16.0 Å². The average Bonchev–Trinajstić information content (AvgIpc) is 2.59. The van der Waals surface area contributed by atoms with Crippen LogP contribution < -0.4 is 16.0 Å². The molecule has 24 heavy (non-hydrogen) atoms. The van der Waals surface area contributed by atoms with Gasteiger partial charge in [-0.25, -0.2) is 4.79 Å². The normalized spacial score (nSPS) is 9.83. The van der Waals surface area contributed by atoms with Crippen molar-refractivity contribution in [3.63, 3.8) is 0 Å². The van der Waals surface area contributed by atoms with Crippen LogP contribution in [-0.4, -0.2) is 30.0 Å². The molecule has 0 spiro atoms. The van der Waals surface area contributed by atoms with Gasteiger partial charge < -0.3 is 16.0 Å². The highest BCUT2D eigenvalue weighted by Gasteiger charge is 2.06. The van der Waals surface area contributed by atoms with Crippen LogP contribution in [0.1, 0.15) is 10.4 Å². The monoisotopic (exact) mass is 328 g/mol. The van der Waals surface area contributed by atoms with Crippen molar-refractivity contribution in [1.82, 2.24) is 10.6 Å². The molecule has 0 saturated carbocycles. The zero-order valence-electron chi connectivity index (χ0n) is 12.7. The minimum absolute atomic E-state index is 0.0513. The summed E-state index contributed by atoms with van der Waals surface area (Å²) < 4.78 is 0. The quantitative estimate of drug-likeness (QED) is 0.428. The summed E-state index contributed by atoms with van der Waals surface area (Å²) in [5.74, 6) is -0.215. The summed E-state index contributed by atoms with van der Waals surface area (Å²) in [6.45, 7) is 0.527. The first-order chi connectivity index (χ1) is 11.6. The van der Waals surface area contributed by atoms with E-state index >= 15 is 0 Å². The molecular weight excluding hydrogens is 312 g/mol. The molecule has 8 nitrogen and oxygen atoms in total. The fraction of sp³-hybridized carbons (Fsp3) is 0.125. The number of amides is 3. The van der Waals surface area contributed by atoms with E-state index in [0.717, 1.165) is 0 Å². The largest absolute Gasteiger partial charge is 0.350 e. The van der Waals surface area contributed by atoms with E-state index in [-0.39, 0.29) is 24.7 Å². The van der Waals surface area contributed by atoms with Crippen molar-refractivity contribution in [3.05, 3.63) is 70.3 Å². The number of hydrogen-bond acceptors (Lipinski definition) is 4. The van der Waals surface area contributed by atoms with Crippen molar-refractivity contribution < 1.29 is 14.5 Å². The number of nitrogens with one attached hydrogen (secondary N) is 3. The SMILES string of the molecule is O=C(NCCNC(=O)c1ccccc1)Nc1ccc([N+](=O)[O-])cc1. The van der Waals surface area contributed by atoms with Gasteiger partial charge in [-0.2, -0.15) is 0 Å². The molecule has 0 bridgehead atoms. The molecule has 124 valence electrons. The Morgan fingerprint density at radius 1 is 0.917 bits per heavy atom. The topological polar surface area (TPSA) is 113 Å². The second-order valence-electron chi connectivity index (χ2n) is 4.81. The molecule has 3 amide bonds. The number of non-ortho nitro benzene ring substituents is 1. The van der Waals surface area contributed by atoms with E-state index in [1.54, 1.807) is 24.3 Å². The second kappa shape index (κ2) is 8.28. The second-order valence-corrected chi connectivity index (χ2v) is 4.81. The predicted octanol–water partition coefficient (Wildman–Crippen LogP) is 2.15. The highest BCUT2D eigenvalue weighted by Crippen LogP contribution is 2.14. The summed E-state index contributed by atoms with van der Waals surface area (Å²) >= 11 is 0. The Kier molecular flexibility index (Phi) is 5.84. The van der Waals surface area contributed by atoms with Gasteiger partial charge in [0.25, 0.3) is 11.6 Å². The molecule has 2 aromatic rings. The first-order valence-corrected chi connectivity index (χ1v) is 7.19. The zero-order valence-corrected chi connectivity index (χ0v) is 12.7. The molecule has 2 rings (SSSR count). The summed E-state index contributed by atoms with van der Waals surface area (Å²) in [7, 11) is 0. The van der Waals surface area contributed by atoms with E-state index in [9.17, 15) is 19.7 Å². The van der Waals surface area contributed by atoms with E-state index in [4.69, 9.17) is 0 Å². The van der Waals surface area contributed by atoms with Crippen LogP contribution >= 0.6 is 0 Å². The van der Waals surface area contributed by atoms with Crippen LogP contribution in [-0.2, 0) is 0 Å². The molecule has 0 aliphatic heterocycles. The van der Waals surface area contributed by atoms with Crippen LogP contribution in [0.15, 0.2) is 54.6 Å². The first-order valence-electron chi connectivity index (χ1n) is 7.19. The van der Waals surface area contributed by atoms with Crippen molar-refractivity contribution in [3.8, 4) is 0 Å².